The van der Waals surface area contributed by atoms with Gasteiger partial charge in [0.2, 0.25) is 0 Å². The number of nitrogens with zero attached hydrogens (tertiary/aromatic N) is 2. The molecule has 3 rings (SSSR count). The van der Waals surface area contributed by atoms with Crippen LogP contribution >= 0.6 is 0 Å². The highest BCUT2D eigenvalue weighted by molar-refractivity contribution is 5.77. The maximum atomic E-state index is 12.2. The van der Waals surface area contributed by atoms with E-state index in [0.29, 0.717) is 19.5 Å². The Balaban J connectivity index is 1.59. The Labute approximate surface area is 140 Å². The van der Waals surface area contributed by atoms with Crippen molar-refractivity contribution >= 4 is 12.0 Å². The van der Waals surface area contributed by atoms with Gasteiger partial charge in [0.05, 0.1) is 5.92 Å². The summed E-state index contributed by atoms with van der Waals surface area (Å²) in [5, 5.41) is 11.9. The molecule has 0 aliphatic carbocycles. The molecule has 1 unspecified atom stereocenters. The lowest BCUT2D eigenvalue weighted by Crippen LogP contribution is -2.38. The van der Waals surface area contributed by atoms with Crippen molar-refractivity contribution in [2.45, 2.75) is 13.0 Å². The Morgan fingerprint density at radius 2 is 2.08 bits per heavy atom. The van der Waals surface area contributed by atoms with Crippen molar-refractivity contribution in [3.8, 4) is 11.1 Å². The van der Waals surface area contributed by atoms with Gasteiger partial charge < -0.3 is 15.3 Å². The van der Waals surface area contributed by atoms with Gasteiger partial charge in [-0.3, -0.25) is 9.78 Å². The normalized spacial score (nSPS) is 16.8. The number of carboxylic acid groups (broad SMARTS) is 1. The summed E-state index contributed by atoms with van der Waals surface area (Å²) in [5.74, 6) is -1.29. The summed E-state index contributed by atoms with van der Waals surface area (Å²) in [7, 11) is 0. The number of carbonyl (C=O) groups is 2. The lowest BCUT2D eigenvalue weighted by atomic mass is 10.0. The summed E-state index contributed by atoms with van der Waals surface area (Å²) in [6.45, 7) is 1.16. The fraction of sp³-hybridized carbons (Fsp3) is 0.278. The van der Waals surface area contributed by atoms with Gasteiger partial charge in [-0.2, -0.15) is 0 Å². The highest BCUT2D eigenvalue weighted by atomic mass is 16.4. The number of carboxylic acids is 1. The number of benzene rings is 1. The van der Waals surface area contributed by atoms with E-state index in [1.54, 1.807) is 17.3 Å². The molecule has 1 aromatic heterocycles. The number of aromatic nitrogens is 1. The maximum Gasteiger partial charge on any atom is 0.317 e. The number of aliphatic carboxylic acids is 1. The van der Waals surface area contributed by atoms with Gasteiger partial charge in [0.15, 0.2) is 0 Å². The van der Waals surface area contributed by atoms with Gasteiger partial charge in [-0.1, -0.05) is 24.3 Å². The van der Waals surface area contributed by atoms with E-state index in [4.69, 9.17) is 5.11 Å². The van der Waals surface area contributed by atoms with E-state index in [-0.39, 0.29) is 12.6 Å². The van der Waals surface area contributed by atoms with Crippen molar-refractivity contribution in [2.24, 2.45) is 5.92 Å². The highest BCUT2D eigenvalue weighted by Crippen LogP contribution is 2.19. The maximum absolute atomic E-state index is 12.2. The molecule has 2 amide bonds. The zero-order valence-electron chi connectivity index (χ0n) is 13.2. The molecule has 6 nitrogen and oxygen atoms in total. The van der Waals surface area contributed by atoms with Crippen LogP contribution in [0, 0.1) is 5.92 Å². The zero-order chi connectivity index (χ0) is 16.9. The van der Waals surface area contributed by atoms with E-state index in [0.717, 1.165) is 16.7 Å². The van der Waals surface area contributed by atoms with Crippen molar-refractivity contribution in [1.29, 1.82) is 0 Å². The van der Waals surface area contributed by atoms with Crippen molar-refractivity contribution in [3.05, 3.63) is 54.4 Å². The molecule has 24 heavy (non-hydrogen) atoms. The van der Waals surface area contributed by atoms with Crippen LogP contribution in [0.5, 0.6) is 0 Å². The number of hydrogen-bond acceptors (Lipinski definition) is 3. The summed E-state index contributed by atoms with van der Waals surface area (Å²) < 4.78 is 0. The second-order valence-corrected chi connectivity index (χ2v) is 5.87. The third-order valence-corrected chi connectivity index (χ3v) is 4.19. The number of nitrogens with one attached hydrogen (secondary N) is 1. The lowest BCUT2D eigenvalue weighted by Gasteiger charge is -2.17. The average Bonchev–Trinajstić information content (AvgIpc) is 3.11. The number of amides is 2. The van der Waals surface area contributed by atoms with E-state index in [1.807, 2.05) is 36.4 Å². The van der Waals surface area contributed by atoms with Gasteiger partial charge in [0, 0.05) is 32.0 Å². The SMILES string of the molecule is O=C(O)C1CCN(C(=O)NCc2cccc(-c3cccnc3)c2)C1. The molecule has 2 N–H and O–H groups in total. The van der Waals surface area contributed by atoms with Crippen LogP contribution in [0.25, 0.3) is 11.1 Å². The Morgan fingerprint density at radius 1 is 1.25 bits per heavy atom. The minimum absolute atomic E-state index is 0.217. The second kappa shape index (κ2) is 7.12. The van der Waals surface area contributed by atoms with E-state index in [9.17, 15) is 9.59 Å². The van der Waals surface area contributed by atoms with Gasteiger partial charge >= 0.3 is 12.0 Å². The standard InChI is InChI=1S/C18H19N3O3/c22-17(23)16-6-8-21(12-16)18(24)20-10-13-3-1-4-14(9-13)15-5-2-7-19-11-15/h1-5,7,9,11,16H,6,8,10,12H2,(H,20,24)(H,22,23). The topological polar surface area (TPSA) is 82.5 Å². The van der Waals surface area contributed by atoms with E-state index < -0.39 is 11.9 Å². The first-order valence-electron chi connectivity index (χ1n) is 7.88. The minimum Gasteiger partial charge on any atom is -0.481 e. The third kappa shape index (κ3) is 3.71. The summed E-state index contributed by atoms with van der Waals surface area (Å²) in [6.07, 6.45) is 4.04. The second-order valence-electron chi connectivity index (χ2n) is 5.87. The van der Waals surface area contributed by atoms with Crippen LogP contribution in [0.3, 0.4) is 0 Å². The van der Waals surface area contributed by atoms with E-state index in [1.165, 1.54) is 0 Å². The smallest absolute Gasteiger partial charge is 0.317 e. The predicted octanol–water partition coefficient (Wildman–Crippen LogP) is 2.36. The highest BCUT2D eigenvalue weighted by Gasteiger charge is 2.30. The molecule has 1 aromatic carbocycles. The molecule has 0 saturated carbocycles. The number of carbonyl (C=O) groups excluding carboxylic acids is 1. The van der Waals surface area contributed by atoms with Crippen molar-refractivity contribution in [2.75, 3.05) is 13.1 Å². The van der Waals surface area contributed by atoms with Gasteiger partial charge in [-0.25, -0.2) is 4.79 Å². The van der Waals surface area contributed by atoms with Crippen LogP contribution in [0.4, 0.5) is 4.79 Å². The van der Waals surface area contributed by atoms with Crippen LogP contribution in [0.1, 0.15) is 12.0 Å². The average molecular weight is 325 g/mol. The Morgan fingerprint density at radius 3 is 2.79 bits per heavy atom. The Bertz CT molecular complexity index is 733. The van der Waals surface area contributed by atoms with Gasteiger partial charge in [-0.05, 0) is 35.2 Å². The van der Waals surface area contributed by atoms with Crippen molar-refractivity contribution in [3.63, 3.8) is 0 Å². The van der Waals surface area contributed by atoms with Gasteiger partial charge in [0.25, 0.3) is 0 Å². The molecule has 1 aliphatic heterocycles. The number of hydrogen-bond donors (Lipinski definition) is 2. The van der Waals surface area contributed by atoms with E-state index >= 15 is 0 Å². The molecular formula is C18H19N3O3. The molecule has 124 valence electrons. The first-order chi connectivity index (χ1) is 11.6. The summed E-state index contributed by atoms with van der Waals surface area (Å²) >= 11 is 0. The van der Waals surface area contributed by atoms with Crippen LogP contribution in [-0.4, -0.2) is 40.1 Å². The molecule has 0 radical (unpaired) electrons. The molecule has 1 aliphatic rings. The van der Waals surface area contributed by atoms with Crippen LogP contribution in [0.15, 0.2) is 48.8 Å². The number of pyridine rings is 1. The molecule has 0 spiro atoms. The molecule has 1 fully saturated rings. The minimum atomic E-state index is -0.838. The number of urea groups is 1. The molecule has 6 heteroatoms. The third-order valence-electron chi connectivity index (χ3n) is 4.19. The zero-order valence-corrected chi connectivity index (χ0v) is 13.2. The summed E-state index contributed by atoms with van der Waals surface area (Å²) in [4.78, 5) is 28.8. The number of rotatable bonds is 4. The van der Waals surface area contributed by atoms with Crippen molar-refractivity contribution < 1.29 is 14.7 Å². The largest absolute Gasteiger partial charge is 0.481 e. The fourth-order valence-electron chi connectivity index (χ4n) is 2.83. The molecule has 0 bridgehead atoms. The first-order valence-corrected chi connectivity index (χ1v) is 7.88. The van der Waals surface area contributed by atoms with Gasteiger partial charge in [0.1, 0.15) is 0 Å². The monoisotopic (exact) mass is 325 g/mol. The molecular weight excluding hydrogens is 306 g/mol. The molecule has 2 heterocycles. The number of likely N-dealkylation sites (tertiary alicyclic amines) is 1. The van der Waals surface area contributed by atoms with Crippen LogP contribution < -0.4 is 5.32 Å². The quantitative estimate of drug-likeness (QED) is 0.904. The van der Waals surface area contributed by atoms with E-state index in [2.05, 4.69) is 10.3 Å². The van der Waals surface area contributed by atoms with Crippen LogP contribution in [-0.2, 0) is 11.3 Å². The summed E-state index contributed by atoms with van der Waals surface area (Å²) in [6, 6.07) is 11.6. The fourth-order valence-corrected chi connectivity index (χ4v) is 2.83. The van der Waals surface area contributed by atoms with Crippen LogP contribution in [0.2, 0.25) is 0 Å². The van der Waals surface area contributed by atoms with Gasteiger partial charge in [-0.15, -0.1) is 0 Å². The first kappa shape index (κ1) is 16.0. The Kier molecular flexibility index (Phi) is 4.74. The Hall–Kier alpha value is -2.89. The molecule has 1 atom stereocenters. The molecule has 1 saturated heterocycles. The predicted molar refractivity (Wildman–Crippen MR) is 89.2 cm³/mol. The molecule has 2 aromatic rings. The summed E-state index contributed by atoms with van der Waals surface area (Å²) in [5.41, 5.74) is 3.05. The van der Waals surface area contributed by atoms with Crippen molar-refractivity contribution in [1.82, 2.24) is 15.2 Å². The lowest BCUT2D eigenvalue weighted by molar-refractivity contribution is -0.141.